The Morgan fingerprint density at radius 3 is 1.76 bits per heavy atom. The van der Waals surface area contributed by atoms with Crippen LogP contribution in [0.2, 0.25) is 0 Å². The molecule has 0 unspecified atom stereocenters. The Morgan fingerprint density at radius 1 is 0.857 bits per heavy atom. The lowest BCUT2D eigenvalue weighted by Gasteiger charge is -2.19. The van der Waals surface area contributed by atoms with Gasteiger partial charge in [0.2, 0.25) is 0 Å². The molecule has 0 aliphatic heterocycles. The van der Waals surface area contributed by atoms with Gasteiger partial charge >= 0.3 is 0 Å². The van der Waals surface area contributed by atoms with Crippen LogP contribution in [0.3, 0.4) is 0 Å². The highest BCUT2D eigenvalue weighted by molar-refractivity contribution is 5.30. The highest BCUT2D eigenvalue weighted by Crippen LogP contribution is 2.34. The second kappa shape index (κ2) is 6.35. The molecule has 0 spiro atoms. The molecule has 1 aliphatic carbocycles. The fraction of sp³-hybridized carbons (Fsp3) is 0.333. The van der Waals surface area contributed by atoms with Gasteiger partial charge < -0.3 is 4.74 Å². The second-order valence-electron chi connectivity index (χ2n) is 5.59. The summed E-state index contributed by atoms with van der Waals surface area (Å²) in [6.07, 6.45) is 3.37. The molecule has 0 aromatic heterocycles. The first-order valence-electron chi connectivity index (χ1n) is 7.35. The van der Waals surface area contributed by atoms with E-state index in [0.29, 0.717) is 6.61 Å². The lowest BCUT2D eigenvalue weighted by atomic mass is 10.0. The van der Waals surface area contributed by atoms with Crippen molar-refractivity contribution in [2.24, 2.45) is 5.92 Å². The van der Waals surface area contributed by atoms with Crippen molar-refractivity contribution in [1.82, 2.24) is 0 Å². The third-order valence-electron chi connectivity index (χ3n) is 3.85. The molecule has 3 heteroatoms. The van der Waals surface area contributed by atoms with Crippen molar-refractivity contribution in [1.29, 1.82) is 0 Å². The summed E-state index contributed by atoms with van der Waals surface area (Å²) < 4.78 is 32.2. The smallest absolute Gasteiger partial charge is 0.123 e. The maximum Gasteiger partial charge on any atom is 0.123 e. The number of benzene rings is 2. The van der Waals surface area contributed by atoms with Crippen molar-refractivity contribution in [3.05, 3.63) is 71.3 Å². The quantitative estimate of drug-likeness (QED) is 0.736. The maximum atomic E-state index is 13.1. The molecular formula is C18H18F2O. The van der Waals surface area contributed by atoms with Crippen molar-refractivity contribution >= 4 is 0 Å². The zero-order valence-corrected chi connectivity index (χ0v) is 11.8. The number of ether oxygens (including phenoxy) is 1. The van der Waals surface area contributed by atoms with Crippen LogP contribution >= 0.6 is 0 Å². The van der Waals surface area contributed by atoms with E-state index >= 15 is 0 Å². The molecule has 21 heavy (non-hydrogen) atoms. The van der Waals surface area contributed by atoms with Crippen LogP contribution < -0.4 is 0 Å². The van der Waals surface area contributed by atoms with E-state index in [2.05, 4.69) is 0 Å². The predicted molar refractivity (Wildman–Crippen MR) is 77.9 cm³/mol. The first-order valence-corrected chi connectivity index (χ1v) is 7.35. The van der Waals surface area contributed by atoms with Crippen LogP contribution in [0.15, 0.2) is 48.5 Å². The first-order chi connectivity index (χ1) is 10.2. The number of hydrogen-bond acceptors (Lipinski definition) is 1. The average Bonchev–Trinajstić information content (AvgIpc) is 3.30. The average molecular weight is 288 g/mol. The van der Waals surface area contributed by atoms with E-state index in [4.69, 9.17) is 4.74 Å². The van der Waals surface area contributed by atoms with E-state index in [1.807, 2.05) is 0 Å². The van der Waals surface area contributed by atoms with Gasteiger partial charge in [-0.15, -0.1) is 0 Å². The minimum absolute atomic E-state index is 0.269. The molecule has 1 nitrogen and oxygen atoms in total. The van der Waals surface area contributed by atoms with Gasteiger partial charge in [-0.2, -0.15) is 0 Å². The molecular weight excluding hydrogens is 270 g/mol. The van der Waals surface area contributed by atoms with Crippen LogP contribution in [-0.4, -0.2) is 6.61 Å². The fourth-order valence-electron chi connectivity index (χ4n) is 2.42. The van der Waals surface area contributed by atoms with Gasteiger partial charge in [0.05, 0.1) is 0 Å². The van der Waals surface area contributed by atoms with E-state index in [-0.39, 0.29) is 17.7 Å². The molecule has 0 amide bonds. The first kappa shape index (κ1) is 14.2. The summed E-state index contributed by atoms with van der Waals surface area (Å²) in [5.41, 5.74) is 1.78. The van der Waals surface area contributed by atoms with Gasteiger partial charge in [-0.3, -0.25) is 0 Å². The summed E-state index contributed by atoms with van der Waals surface area (Å²) in [4.78, 5) is 0. The normalized spacial score (nSPS) is 14.6. The number of hydrogen-bond donors (Lipinski definition) is 0. The summed E-state index contributed by atoms with van der Waals surface area (Å²) in [5, 5.41) is 0. The summed E-state index contributed by atoms with van der Waals surface area (Å²) >= 11 is 0. The van der Waals surface area contributed by atoms with Gasteiger partial charge in [0.15, 0.2) is 0 Å². The fourth-order valence-corrected chi connectivity index (χ4v) is 2.42. The molecule has 1 saturated carbocycles. The minimum Gasteiger partial charge on any atom is -0.369 e. The Bertz CT molecular complexity index is 528. The van der Waals surface area contributed by atoms with Gasteiger partial charge in [-0.25, -0.2) is 8.78 Å². The molecule has 0 bridgehead atoms. The molecule has 0 radical (unpaired) electrons. The van der Waals surface area contributed by atoms with Crippen molar-refractivity contribution in [2.75, 3.05) is 6.61 Å². The monoisotopic (exact) mass is 288 g/mol. The lowest BCUT2D eigenvalue weighted by molar-refractivity contribution is 0.0753. The lowest BCUT2D eigenvalue weighted by Crippen LogP contribution is -2.08. The van der Waals surface area contributed by atoms with E-state index in [9.17, 15) is 8.78 Å². The topological polar surface area (TPSA) is 9.23 Å². The molecule has 2 aromatic carbocycles. The molecule has 1 aliphatic rings. The molecule has 2 aromatic rings. The maximum absolute atomic E-state index is 13.1. The standard InChI is InChI=1S/C18H18F2O/c19-16-7-3-14(4-8-16)18(21-12-11-13-1-2-13)15-5-9-17(20)10-6-15/h3-10,13,18H,1-2,11-12H2. The third kappa shape index (κ3) is 3.88. The Morgan fingerprint density at radius 2 is 1.33 bits per heavy atom. The van der Waals surface area contributed by atoms with Crippen LogP contribution in [0.25, 0.3) is 0 Å². The third-order valence-corrected chi connectivity index (χ3v) is 3.85. The Kier molecular flexibility index (Phi) is 4.30. The van der Waals surface area contributed by atoms with E-state index in [0.717, 1.165) is 23.5 Å². The van der Waals surface area contributed by atoms with Gasteiger partial charge in [-0.1, -0.05) is 37.1 Å². The minimum atomic E-state index is -0.273. The molecule has 3 rings (SSSR count). The number of rotatable bonds is 6. The van der Waals surface area contributed by atoms with E-state index in [1.165, 1.54) is 37.1 Å². The van der Waals surface area contributed by atoms with Crippen molar-refractivity contribution < 1.29 is 13.5 Å². The zero-order valence-electron chi connectivity index (χ0n) is 11.8. The zero-order chi connectivity index (χ0) is 14.7. The molecule has 0 saturated heterocycles. The van der Waals surface area contributed by atoms with Gasteiger partial charge in [0.1, 0.15) is 17.7 Å². The SMILES string of the molecule is Fc1ccc(C(OCCC2CC2)c2ccc(F)cc2)cc1. The molecule has 0 N–H and O–H groups in total. The summed E-state index contributed by atoms with van der Waals surface area (Å²) in [5.74, 6) is 0.260. The number of halogens is 2. The van der Waals surface area contributed by atoms with Crippen LogP contribution in [0.1, 0.15) is 36.5 Å². The van der Waals surface area contributed by atoms with Gasteiger partial charge in [0.25, 0.3) is 0 Å². The van der Waals surface area contributed by atoms with Crippen LogP contribution in [-0.2, 0) is 4.74 Å². The van der Waals surface area contributed by atoms with Crippen LogP contribution in [0, 0.1) is 17.6 Å². The van der Waals surface area contributed by atoms with Crippen molar-refractivity contribution in [3.63, 3.8) is 0 Å². The summed E-state index contributed by atoms with van der Waals surface area (Å²) in [6.45, 7) is 0.671. The molecule has 0 heterocycles. The highest BCUT2D eigenvalue weighted by atomic mass is 19.1. The molecule has 110 valence electrons. The van der Waals surface area contributed by atoms with Gasteiger partial charge in [0, 0.05) is 6.61 Å². The summed E-state index contributed by atoms with van der Waals surface area (Å²) in [7, 11) is 0. The second-order valence-corrected chi connectivity index (χ2v) is 5.59. The molecule has 0 atom stereocenters. The molecule has 1 fully saturated rings. The van der Waals surface area contributed by atoms with Crippen LogP contribution in [0.4, 0.5) is 8.78 Å². The van der Waals surface area contributed by atoms with E-state index < -0.39 is 0 Å². The van der Waals surface area contributed by atoms with Crippen molar-refractivity contribution in [3.8, 4) is 0 Å². The highest BCUT2D eigenvalue weighted by Gasteiger charge is 2.22. The van der Waals surface area contributed by atoms with Crippen molar-refractivity contribution in [2.45, 2.75) is 25.4 Å². The predicted octanol–water partition coefficient (Wildman–Crippen LogP) is 4.87. The van der Waals surface area contributed by atoms with Gasteiger partial charge in [-0.05, 0) is 47.7 Å². The summed E-state index contributed by atoms with van der Waals surface area (Å²) in [6, 6.07) is 12.6. The van der Waals surface area contributed by atoms with E-state index in [1.54, 1.807) is 24.3 Å². The Hall–Kier alpha value is -1.74. The Balaban J connectivity index is 1.78. The Labute approximate surface area is 123 Å². The largest absolute Gasteiger partial charge is 0.369 e. The van der Waals surface area contributed by atoms with Crippen LogP contribution in [0.5, 0.6) is 0 Å².